The standard InChI is InChI=1S/C14H18Cl3NO/c1-2-3-12(9-6-7-18-8-9)19-14-11(16)5-4-10(15)13(14)17/h4-5,9,12,18H,2-3,6-8H2,1H3/t9-,12-/m0/s1. The predicted molar refractivity (Wildman–Crippen MR) is 81.8 cm³/mol. The third kappa shape index (κ3) is 3.69. The maximum atomic E-state index is 6.19. The van der Waals surface area contributed by atoms with Crippen molar-refractivity contribution in [2.75, 3.05) is 13.1 Å². The summed E-state index contributed by atoms with van der Waals surface area (Å²) in [6, 6.07) is 3.41. The van der Waals surface area contributed by atoms with Crippen molar-refractivity contribution in [3.05, 3.63) is 27.2 Å². The molecule has 106 valence electrons. The van der Waals surface area contributed by atoms with Gasteiger partial charge in [0.05, 0.1) is 10.0 Å². The van der Waals surface area contributed by atoms with E-state index < -0.39 is 0 Å². The number of nitrogens with one attached hydrogen (secondary N) is 1. The van der Waals surface area contributed by atoms with Gasteiger partial charge in [0.15, 0.2) is 5.75 Å². The molecule has 0 aromatic heterocycles. The maximum absolute atomic E-state index is 6.19. The van der Waals surface area contributed by atoms with Crippen LogP contribution < -0.4 is 10.1 Å². The van der Waals surface area contributed by atoms with Crippen LogP contribution in [0.2, 0.25) is 15.1 Å². The van der Waals surface area contributed by atoms with Gasteiger partial charge in [0, 0.05) is 12.5 Å². The van der Waals surface area contributed by atoms with Crippen molar-refractivity contribution in [1.82, 2.24) is 5.32 Å². The second-order valence-corrected chi connectivity index (χ2v) is 6.06. The quantitative estimate of drug-likeness (QED) is 0.786. The smallest absolute Gasteiger partial charge is 0.158 e. The summed E-state index contributed by atoms with van der Waals surface area (Å²) in [5.74, 6) is 1.02. The van der Waals surface area contributed by atoms with Gasteiger partial charge in [-0.05, 0) is 31.5 Å². The molecule has 1 aromatic carbocycles. The summed E-state index contributed by atoms with van der Waals surface area (Å²) < 4.78 is 6.09. The third-order valence-electron chi connectivity index (χ3n) is 3.47. The van der Waals surface area contributed by atoms with Crippen LogP contribution in [0.15, 0.2) is 12.1 Å². The molecule has 0 amide bonds. The van der Waals surface area contributed by atoms with Crippen LogP contribution in [0, 0.1) is 5.92 Å². The molecular weight excluding hydrogens is 305 g/mol. The van der Waals surface area contributed by atoms with E-state index >= 15 is 0 Å². The number of hydrogen-bond donors (Lipinski definition) is 1. The Labute approximate surface area is 129 Å². The minimum Gasteiger partial charge on any atom is -0.487 e. The Bertz CT molecular complexity index is 433. The summed E-state index contributed by atoms with van der Waals surface area (Å²) >= 11 is 18.4. The minimum atomic E-state index is 0.133. The van der Waals surface area contributed by atoms with Crippen molar-refractivity contribution in [3.63, 3.8) is 0 Å². The lowest BCUT2D eigenvalue weighted by Crippen LogP contribution is -2.29. The zero-order chi connectivity index (χ0) is 13.8. The predicted octanol–water partition coefficient (Wildman–Crippen LogP) is 4.80. The van der Waals surface area contributed by atoms with Gasteiger partial charge < -0.3 is 10.1 Å². The molecule has 1 aliphatic rings. The number of ether oxygens (including phenoxy) is 1. The molecule has 2 rings (SSSR count). The Hall–Kier alpha value is -0.150. The molecule has 0 bridgehead atoms. The van der Waals surface area contributed by atoms with Gasteiger partial charge in [0.1, 0.15) is 11.1 Å². The van der Waals surface area contributed by atoms with Crippen LogP contribution in [-0.2, 0) is 0 Å². The molecule has 0 saturated carbocycles. The lowest BCUT2D eigenvalue weighted by Gasteiger charge is -2.25. The normalized spacial score (nSPS) is 20.5. The highest BCUT2D eigenvalue weighted by Crippen LogP contribution is 2.39. The summed E-state index contributed by atoms with van der Waals surface area (Å²) in [5, 5.41) is 4.76. The van der Waals surface area contributed by atoms with E-state index in [4.69, 9.17) is 39.5 Å². The fourth-order valence-corrected chi connectivity index (χ4v) is 3.05. The number of halogens is 3. The first kappa shape index (κ1) is 15.2. The molecule has 0 aliphatic carbocycles. The molecule has 5 heteroatoms. The van der Waals surface area contributed by atoms with Gasteiger partial charge in [-0.2, -0.15) is 0 Å². The maximum Gasteiger partial charge on any atom is 0.158 e. The van der Waals surface area contributed by atoms with Crippen molar-refractivity contribution < 1.29 is 4.74 Å². The molecule has 19 heavy (non-hydrogen) atoms. The van der Waals surface area contributed by atoms with Crippen molar-refractivity contribution >= 4 is 34.8 Å². The van der Waals surface area contributed by atoms with E-state index in [1.54, 1.807) is 12.1 Å². The number of hydrogen-bond acceptors (Lipinski definition) is 2. The lowest BCUT2D eigenvalue weighted by atomic mass is 9.97. The molecular formula is C14H18Cl3NO. The molecule has 0 spiro atoms. The van der Waals surface area contributed by atoms with Crippen LogP contribution >= 0.6 is 34.8 Å². The SMILES string of the molecule is CCC[C@H](Oc1c(Cl)ccc(Cl)c1Cl)[C@H]1CCNC1. The van der Waals surface area contributed by atoms with Crippen LogP contribution in [-0.4, -0.2) is 19.2 Å². The Kier molecular flexibility index (Phi) is 5.64. The zero-order valence-corrected chi connectivity index (χ0v) is 13.2. The fourth-order valence-electron chi connectivity index (χ4n) is 2.44. The second kappa shape index (κ2) is 7.03. The van der Waals surface area contributed by atoms with Crippen molar-refractivity contribution in [1.29, 1.82) is 0 Å². The molecule has 0 radical (unpaired) electrons. The number of benzene rings is 1. The van der Waals surface area contributed by atoms with E-state index in [1.807, 2.05) is 0 Å². The Morgan fingerprint density at radius 3 is 2.68 bits per heavy atom. The molecule has 1 saturated heterocycles. The van der Waals surface area contributed by atoms with E-state index in [2.05, 4.69) is 12.2 Å². The van der Waals surface area contributed by atoms with Crippen molar-refractivity contribution in [2.24, 2.45) is 5.92 Å². The zero-order valence-electron chi connectivity index (χ0n) is 10.9. The highest BCUT2D eigenvalue weighted by molar-refractivity contribution is 6.44. The third-order valence-corrected chi connectivity index (χ3v) is 4.55. The Balaban J connectivity index is 2.18. The van der Waals surface area contributed by atoms with E-state index in [9.17, 15) is 0 Å². The van der Waals surface area contributed by atoms with Crippen LogP contribution in [0.25, 0.3) is 0 Å². The molecule has 1 heterocycles. The van der Waals surface area contributed by atoms with Gasteiger partial charge in [0.25, 0.3) is 0 Å². The summed E-state index contributed by atoms with van der Waals surface area (Å²) in [4.78, 5) is 0. The van der Waals surface area contributed by atoms with Gasteiger partial charge in [-0.15, -0.1) is 0 Å². The van der Waals surface area contributed by atoms with Crippen LogP contribution in [0.1, 0.15) is 26.2 Å². The minimum absolute atomic E-state index is 0.133. The summed E-state index contributed by atoms with van der Waals surface area (Å²) in [6.45, 7) is 4.19. The second-order valence-electron chi connectivity index (χ2n) is 4.87. The fraction of sp³-hybridized carbons (Fsp3) is 0.571. The first-order valence-corrected chi connectivity index (χ1v) is 7.77. The summed E-state index contributed by atoms with van der Waals surface area (Å²) in [6.07, 6.45) is 3.32. The highest BCUT2D eigenvalue weighted by Gasteiger charge is 2.27. The largest absolute Gasteiger partial charge is 0.487 e. The van der Waals surface area contributed by atoms with Gasteiger partial charge in [-0.25, -0.2) is 0 Å². The molecule has 2 atom stereocenters. The molecule has 2 nitrogen and oxygen atoms in total. The van der Waals surface area contributed by atoms with Crippen LogP contribution in [0.5, 0.6) is 5.75 Å². The first-order valence-electron chi connectivity index (χ1n) is 6.64. The first-order chi connectivity index (χ1) is 9.13. The van der Waals surface area contributed by atoms with Gasteiger partial charge in [0.2, 0.25) is 0 Å². The molecule has 1 N–H and O–H groups in total. The molecule has 0 unspecified atom stereocenters. The van der Waals surface area contributed by atoms with Crippen LogP contribution in [0.3, 0.4) is 0 Å². The van der Waals surface area contributed by atoms with E-state index in [0.717, 1.165) is 32.4 Å². The lowest BCUT2D eigenvalue weighted by molar-refractivity contribution is 0.132. The van der Waals surface area contributed by atoms with E-state index in [0.29, 0.717) is 26.7 Å². The number of rotatable bonds is 5. The van der Waals surface area contributed by atoms with E-state index in [1.165, 1.54) is 0 Å². The monoisotopic (exact) mass is 321 g/mol. The summed E-state index contributed by atoms with van der Waals surface area (Å²) in [7, 11) is 0. The van der Waals surface area contributed by atoms with Crippen molar-refractivity contribution in [3.8, 4) is 5.75 Å². The summed E-state index contributed by atoms with van der Waals surface area (Å²) in [5.41, 5.74) is 0. The average molecular weight is 323 g/mol. The van der Waals surface area contributed by atoms with Gasteiger partial charge in [-0.3, -0.25) is 0 Å². The Morgan fingerprint density at radius 2 is 2.05 bits per heavy atom. The van der Waals surface area contributed by atoms with E-state index in [-0.39, 0.29) is 6.10 Å². The molecule has 1 fully saturated rings. The van der Waals surface area contributed by atoms with Crippen LogP contribution in [0.4, 0.5) is 0 Å². The van der Waals surface area contributed by atoms with Crippen molar-refractivity contribution in [2.45, 2.75) is 32.3 Å². The van der Waals surface area contributed by atoms with Gasteiger partial charge >= 0.3 is 0 Å². The Morgan fingerprint density at radius 1 is 1.32 bits per heavy atom. The highest BCUT2D eigenvalue weighted by atomic mass is 35.5. The molecule has 1 aromatic rings. The topological polar surface area (TPSA) is 21.3 Å². The van der Waals surface area contributed by atoms with Gasteiger partial charge in [-0.1, -0.05) is 48.1 Å². The average Bonchev–Trinajstić information content (AvgIpc) is 2.92. The molecule has 1 aliphatic heterocycles.